The Bertz CT molecular complexity index is 705. The summed E-state index contributed by atoms with van der Waals surface area (Å²) in [6, 6.07) is 3.41. The van der Waals surface area contributed by atoms with Gasteiger partial charge in [-0.15, -0.1) is 0 Å². The number of aromatic nitrogens is 2. The maximum atomic E-state index is 12.5. The topological polar surface area (TPSA) is 92.2 Å². The lowest BCUT2D eigenvalue weighted by Gasteiger charge is -2.19. The van der Waals surface area contributed by atoms with E-state index in [1.54, 1.807) is 30.7 Å². The number of amides is 1. The lowest BCUT2D eigenvalue weighted by atomic mass is 9.90. The average molecular weight is 299 g/mol. The van der Waals surface area contributed by atoms with Crippen LogP contribution < -0.4 is 5.32 Å². The first kappa shape index (κ1) is 14.4. The Balaban J connectivity index is 1.86. The number of hydrogen-bond acceptors (Lipinski definition) is 4. The number of carbonyl (C=O) groups is 2. The highest BCUT2D eigenvalue weighted by Gasteiger charge is 2.36. The van der Waals surface area contributed by atoms with Crippen LogP contribution in [0.4, 0.5) is 5.69 Å². The van der Waals surface area contributed by atoms with Crippen molar-refractivity contribution in [2.75, 3.05) is 5.32 Å². The van der Waals surface area contributed by atoms with Crippen LogP contribution in [0.2, 0.25) is 0 Å². The van der Waals surface area contributed by atoms with E-state index < -0.39 is 17.8 Å². The van der Waals surface area contributed by atoms with Gasteiger partial charge in [-0.05, 0) is 30.9 Å². The van der Waals surface area contributed by atoms with Crippen LogP contribution in [0.25, 0.3) is 10.9 Å². The van der Waals surface area contributed by atoms with Crippen molar-refractivity contribution in [3.05, 3.63) is 30.7 Å². The molecule has 1 atom stereocenters. The first-order chi connectivity index (χ1) is 10.7. The molecule has 1 saturated carbocycles. The summed E-state index contributed by atoms with van der Waals surface area (Å²) in [5.74, 6) is -2.59. The van der Waals surface area contributed by atoms with Crippen molar-refractivity contribution in [2.45, 2.75) is 25.7 Å². The second kappa shape index (κ2) is 6.09. The molecule has 0 bridgehead atoms. The molecule has 2 aromatic heterocycles. The van der Waals surface area contributed by atoms with Gasteiger partial charge in [0.1, 0.15) is 5.92 Å². The molecule has 22 heavy (non-hydrogen) atoms. The number of aliphatic carboxylic acids is 1. The minimum absolute atomic E-state index is 0.0799. The van der Waals surface area contributed by atoms with Gasteiger partial charge in [-0.1, -0.05) is 12.8 Å². The largest absolute Gasteiger partial charge is 0.481 e. The maximum Gasteiger partial charge on any atom is 0.316 e. The van der Waals surface area contributed by atoms with Crippen LogP contribution >= 0.6 is 0 Å². The minimum atomic E-state index is -1.05. The van der Waals surface area contributed by atoms with Crippen molar-refractivity contribution in [1.29, 1.82) is 0 Å². The Labute approximate surface area is 127 Å². The lowest BCUT2D eigenvalue weighted by Crippen LogP contribution is -2.34. The second-order valence-corrected chi connectivity index (χ2v) is 5.60. The quantitative estimate of drug-likeness (QED) is 0.846. The van der Waals surface area contributed by atoms with E-state index in [1.165, 1.54) is 0 Å². The fourth-order valence-electron chi connectivity index (χ4n) is 3.13. The van der Waals surface area contributed by atoms with Gasteiger partial charge in [-0.2, -0.15) is 0 Å². The van der Waals surface area contributed by atoms with Crippen LogP contribution in [-0.4, -0.2) is 27.0 Å². The average Bonchev–Trinajstić information content (AvgIpc) is 3.01. The van der Waals surface area contributed by atoms with Gasteiger partial charge in [0.2, 0.25) is 5.91 Å². The van der Waals surface area contributed by atoms with Crippen molar-refractivity contribution >= 4 is 28.5 Å². The van der Waals surface area contributed by atoms with E-state index >= 15 is 0 Å². The SMILES string of the molecule is O=C(O)C(C(=O)Nc1ccnc2ccncc12)C1CCCC1. The minimum Gasteiger partial charge on any atom is -0.481 e. The van der Waals surface area contributed by atoms with Crippen molar-refractivity contribution < 1.29 is 14.7 Å². The van der Waals surface area contributed by atoms with Crippen molar-refractivity contribution in [3.63, 3.8) is 0 Å². The van der Waals surface area contributed by atoms with Crippen LogP contribution in [-0.2, 0) is 9.59 Å². The van der Waals surface area contributed by atoms with Crippen LogP contribution in [0.5, 0.6) is 0 Å². The van der Waals surface area contributed by atoms with Crippen LogP contribution in [0.3, 0.4) is 0 Å². The summed E-state index contributed by atoms with van der Waals surface area (Å²) in [5.41, 5.74) is 1.26. The molecule has 2 aromatic rings. The molecular formula is C16H17N3O3. The van der Waals surface area contributed by atoms with Gasteiger partial charge < -0.3 is 10.4 Å². The molecule has 1 unspecified atom stereocenters. The van der Waals surface area contributed by atoms with Gasteiger partial charge in [-0.3, -0.25) is 19.6 Å². The molecule has 1 amide bonds. The van der Waals surface area contributed by atoms with Gasteiger partial charge >= 0.3 is 5.97 Å². The Morgan fingerprint density at radius 3 is 2.73 bits per heavy atom. The summed E-state index contributed by atoms with van der Waals surface area (Å²) in [6.45, 7) is 0. The summed E-state index contributed by atoms with van der Waals surface area (Å²) in [6.07, 6.45) is 8.39. The number of nitrogens with zero attached hydrogens (tertiary/aromatic N) is 2. The molecule has 0 aromatic carbocycles. The number of carboxylic acids is 1. The first-order valence-corrected chi connectivity index (χ1v) is 7.39. The summed E-state index contributed by atoms with van der Waals surface area (Å²) in [5, 5.41) is 12.9. The van der Waals surface area contributed by atoms with Gasteiger partial charge in [0.15, 0.2) is 0 Å². The van der Waals surface area contributed by atoms with Crippen molar-refractivity contribution in [1.82, 2.24) is 9.97 Å². The van der Waals surface area contributed by atoms with Crippen LogP contribution in [0.15, 0.2) is 30.7 Å². The number of fused-ring (bicyclic) bond motifs is 1. The zero-order valence-corrected chi connectivity index (χ0v) is 12.0. The molecule has 0 aliphatic heterocycles. The molecule has 0 radical (unpaired) electrons. The van der Waals surface area contributed by atoms with Crippen molar-refractivity contribution in [2.24, 2.45) is 11.8 Å². The highest BCUT2D eigenvalue weighted by Crippen LogP contribution is 2.32. The standard InChI is InChI=1S/C16H17N3O3/c20-15(14(16(21)22)10-3-1-2-4-10)19-13-6-8-18-12-5-7-17-9-11(12)13/h5-10,14H,1-4H2,(H,21,22)(H,18,19,20). The highest BCUT2D eigenvalue weighted by atomic mass is 16.4. The third-order valence-electron chi connectivity index (χ3n) is 4.22. The highest BCUT2D eigenvalue weighted by molar-refractivity contribution is 6.08. The molecule has 1 fully saturated rings. The van der Waals surface area contributed by atoms with E-state index in [-0.39, 0.29) is 5.92 Å². The summed E-state index contributed by atoms with van der Waals surface area (Å²) >= 11 is 0. The van der Waals surface area contributed by atoms with Crippen molar-refractivity contribution in [3.8, 4) is 0 Å². The Kier molecular flexibility index (Phi) is 4.00. The van der Waals surface area contributed by atoms with E-state index in [1.807, 2.05) is 0 Å². The van der Waals surface area contributed by atoms with E-state index in [9.17, 15) is 14.7 Å². The molecule has 2 N–H and O–H groups in total. The predicted molar refractivity (Wildman–Crippen MR) is 81.3 cm³/mol. The molecule has 2 heterocycles. The fraction of sp³-hybridized carbons (Fsp3) is 0.375. The van der Waals surface area contributed by atoms with Gasteiger partial charge in [0.25, 0.3) is 0 Å². The Hall–Kier alpha value is -2.50. The second-order valence-electron chi connectivity index (χ2n) is 5.60. The number of carbonyl (C=O) groups excluding carboxylic acids is 1. The molecule has 1 aliphatic carbocycles. The number of rotatable bonds is 4. The smallest absolute Gasteiger partial charge is 0.316 e. The number of pyridine rings is 2. The van der Waals surface area contributed by atoms with E-state index in [0.29, 0.717) is 16.6 Å². The predicted octanol–water partition coefficient (Wildman–Crippen LogP) is 2.46. The number of hydrogen-bond donors (Lipinski definition) is 2. The normalized spacial score (nSPS) is 16.5. The zero-order chi connectivity index (χ0) is 15.5. The van der Waals surface area contributed by atoms with Gasteiger partial charge in [0.05, 0.1) is 11.2 Å². The van der Waals surface area contributed by atoms with Crippen LogP contribution in [0, 0.1) is 11.8 Å². The number of carboxylic acid groups (broad SMARTS) is 1. The van der Waals surface area contributed by atoms with E-state index in [0.717, 1.165) is 25.7 Å². The third-order valence-corrected chi connectivity index (χ3v) is 4.22. The molecule has 1 aliphatic rings. The van der Waals surface area contributed by atoms with Crippen LogP contribution in [0.1, 0.15) is 25.7 Å². The number of nitrogens with one attached hydrogen (secondary N) is 1. The fourth-order valence-corrected chi connectivity index (χ4v) is 3.13. The molecule has 0 spiro atoms. The molecule has 6 nitrogen and oxygen atoms in total. The summed E-state index contributed by atoms with van der Waals surface area (Å²) in [7, 11) is 0. The summed E-state index contributed by atoms with van der Waals surface area (Å²) < 4.78 is 0. The molecule has 0 saturated heterocycles. The monoisotopic (exact) mass is 299 g/mol. The third kappa shape index (κ3) is 2.77. The number of anilines is 1. The molecule has 114 valence electrons. The molecule has 6 heteroatoms. The maximum absolute atomic E-state index is 12.5. The Morgan fingerprint density at radius 1 is 1.23 bits per heavy atom. The zero-order valence-electron chi connectivity index (χ0n) is 12.0. The van der Waals surface area contributed by atoms with E-state index in [2.05, 4.69) is 15.3 Å². The Morgan fingerprint density at radius 2 is 2.00 bits per heavy atom. The lowest BCUT2D eigenvalue weighted by molar-refractivity contribution is -0.147. The molecular weight excluding hydrogens is 282 g/mol. The van der Waals surface area contributed by atoms with Gasteiger partial charge in [-0.25, -0.2) is 0 Å². The first-order valence-electron chi connectivity index (χ1n) is 7.39. The van der Waals surface area contributed by atoms with E-state index in [4.69, 9.17) is 0 Å². The molecule has 3 rings (SSSR count). The van der Waals surface area contributed by atoms with Gasteiger partial charge in [0, 0.05) is 24.0 Å². The summed E-state index contributed by atoms with van der Waals surface area (Å²) in [4.78, 5) is 32.2.